The van der Waals surface area contributed by atoms with Gasteiger partial charge in [-0.2, -0.15) is 0 Å². The van der Waals surface area contributed by atoms with Crippen molar-refractivity contribution >= 4 is 0 Å². The van der Waals surface area contributed by atoms with Gasteiger partial charge in [0.05, 0.1) is 0 Å². The molecule has 0 aromatic heterocycles. The van der Waals surface area contributed by atoms with Crippen molar-refractivity contribution in [3.63, 3.8) is 0 Å². The average molecular weight is 269 g/mol. The van der Waals surface area contributed by atoms with Gasteiger partial charge >= 0.3 is 0 Å². The molecule has 3 heteroatoms. The zero-order valence-corrected chi connectivity index (χ0v) is 13.6. The van der Waals surface area contributed by atoms with Crippen LogP contribution in [0.1, 0.15) is 53.4 Å². The highest BCUT2D eigenvalue weighted by Gasteiger charge is 2.19. The van der Waals surface area contributed by atoms with Gasteiger partial charge in [0.25, 0.3) is 0 Å². The minimum absolute atomic E-state index is 0.728. The van der Waals surface area contributed by atoms with Gasteiger partial charge in [-0.1, -0.05) is 20.8 Å². The van der Waals surface area contributed by atoms with Gasteiger partial charge in [-0.05, 0) is 45.7 Å². The summed E-state index contributed by atoms with van der Waals surface area (Å²) in [5.41, 5.74) is 0. The minimum atomic E-state index is 0.728. The van der Waals surface area contributed by atoms with Crippen molar-refractivity contribution in [2.75, 3.05) is 39.3 Å². The Balaban J connectivity index is 2.12. The molecule has 1 rings (SSSR count). The highest BCUT2D eigenvalue weighted by atomic mass is 15.3. The van der Waals surface area contributed by atoms with Crippen LogP contribution in [-0.4, -0.2) is 61.2 Å². The van der Waals surface area contributed by atoms with Gasteiger partial charge in [-0.15, -0.1) is 0 Å². The molecular formula is C16H35N3. The van der Waals surface area contributed by atoms with Gasteiger partial charge in [0, 0.05) is 38.3 Å². The van der Waals surface area contributed by atoms with Crippen molar-refractivity contribution < 1.29 is 0 Å². The molecule has 1 saturated heterocycles. The second-order valence-electron chi connectivity index (χ2n) is 5.94. The van der Waals surface area contributed by atoms with Crippen LogP contribution in [0.15, 0.2) is 0 Å². The summed E-state index contributed by atoms with van der Waals surface area (Å²) in [5.74, 6) is 0. The van der Waals surface area contributed by atoms with Gasteiger partial charge in [0.1, 0.15) is 0 Å². The van der Waals surface area contributed by atoms with Crippen molar-refractivity contribution in [1.29, 1.82) is 0 Å². The van der Waals surface area contributed by atoms with Crippen molar-refractivity contribution in [3.8, 4) is 0 Å². The van der Waals surface area contributed by atoms with E-state index in [0.29, 0.717) is 0 Å². The maximum absolute atomic E-state index is 3.57. The first-order valence-electron chi connectivity index (χ1n) is 8.40. The number of nitrogens with one attached hydrogen (secondary N) is 1. The van der Waals surface area contributed by atoms with Crippen LogP contribution < -0.4 is 5.32 Å². The number of rotatable bonds is 9. The van der Waals surface area contributed by atoms with Crippen LogP contribution in [-0.2, 0) is 0 Å². The molecule has 0 spiro atoms. The van der Waals surface area contributed by atoms with E-state index < -0.39 is 0 Å². The van der Waals surface area contributed by atoms with Gasteiger partial charge < -0.3 is 10.2 Å². The lowest BCUT2D eigenvalue weighted by molar-refractivity contribution is 0.0989. The Morgan fingerprint density at radius 1 is 1.00 bits per heavy atom. The van der Waals surface area contributed by atoms with Gasteiger partial charge in [0.15, 0.2) is 0 Å². The van der Waals surface area contributed by atoms with Gasteiger partial charge in [0.2, 0.25) is 0 Å². The molecule has 0 radical (unpaired) electrons. The second-order valence-corrected chi connectivity index (χ2v) is 5.94. The molecule has 114 valence electrons. The van der Waals surface area contributed by atoms with E-state index in [2.05, 4.69) is 42.8 Å². The molecule has 0 aromatic carbocycles. The smallest absolute Gasteiger partial charge is 0.0113 e. The predicted molar refractivity (Wildman–Crippen MR) is 84.8 cm³/mol. The van der Waals surface area contributed by atoms with E-state index in [1.54, 1.807) is 0 Å². The van der Waals surface area contributed by atoms with E-state index in [1.807, 2.05) is 0 Å². The fraction of sp³-hybridized carbons (Fsp3) is 1.00. The molecule has 0 amide bonds. The third kappa shape index (κ3) is 6.24. The van der Waals surface area contributed by atoms with Crippen LogP contribution in [0, 0.1) is 0 Å². The molecule has 1 aliphatic rings. The van der Waals surface area contributed by atoms with E-state index in [1.165, 1.54) is 58.4 Å². The molecule has 1 aliphatic heterocycles. The molecule has 19 heavy (non-hydrogen) atoms. The molecule has 3 nitrogen and oxygen atoms in total. The Labute approximate surface area is 120 Å². The highest BCUT2D eigenvalue weighted by molar-refractivity contribution is 4.76. The van der Waals surface area contributed by atoms with Crippen molar-refractivity contribution in [3.05, 3.63) is 0 Å². The summed E-state index contributed by atoms with van der Waals surface area (Å²) >= 11 is 0. The Morgan fingerprint density at radius 3 is 2.21 bits per heavy atom. The minimum Gasteiger partial charge on any atom is -0.314 e. The van der Waals surface area contributed by atoms with E-state index in [4.69, 9.17) is 0 Å². The summed E-state index contributed by atoms with van der Waals surface area (Å²) in [7, 11) is 0. The zero-order valence-electron chi connectivity index (χ0n) is 13.6. The normalized spacial score (nSPS) is 21.5. The molecule has 2 unspecified atom stereocenters. The summed E-state index contributed by atoms with van der Waals surface area (Å²) < 4.78 is 0. The third-order valence-corrected chi connectivity index (χ3v) is 4.63. The summed E-state index contributed by atoms with van der Waals surface area (Å²) in [6, 6.07) is 1.49. The van der Waals surface area contributed by atoms with Crippen LogP contribution in [0.25, 0.3) is 0 Å². The lowest BCUT2D eigenvalue weighted by atomic mass is 10.1. The quantitative estimate of drug-likeness (QED) is 0.694. The molecule has 0 saturated carbocycles. The van der Waals surface area contributed by atoms with E-state index >= 15 is 0 Å². The van der Waals surface area contributed by atoms with E-state index in [0.717, 1.165) is 18.6 Å². The van der Waals surface area contributed by atoms with Crippen LogP contribution in [0.5, 0.6) is 0 Å². The van der Waals surface area contributed by atoms with E-state index in [-0.39, 0.29) is 0 Å². The molecule has 0 bridgehead atoms. The summed E-state index contributed by atoms with van der Waals surface area (Å²) in [4.78, 5) is 5.29. The molecular weight excluding hydrogens is 234 g/mol. The number of hydrogen-bond acceptors (Lipinski definition) is 3. The van der Waals surface area contributed by atoms with Gasteiger partial charge in [-0.3, -0.25) is 4.90 Å². The number of piperazine rings is 1. The molecule has 1 heterocycles. The van der Waals surface area contributed by atoms with Crippen LogP contribution in [0.3, 0.4) is 0 Å². The summed E-state index contributed by atoms with van der Waals surface area (Å²) in [6.45, 7) is 16.6. The van der Waals surface area contributed by atoms with Crippen LogP contribution in [0.2, 0.25) is 0 Å². The average Bonchev–Trinajstić information content (AvgIpc) is 2.46. The largest absolute Gasteiger partial charge is 0.314 e. The topological polar surface area (TPSA) is 18.5 Å². The molecule has 1 fully saturated rings. The Kier molecular flexibility index (Phi) is 8.67. The second kappa shape index (κ2) is 9.73. The lowest BCUT2D eigenvalue weighted by Gasteiger charge is -2.38. The first-order chi connectivity index (χ1) is 9.21. The highest BCUT2D eigenvalue weighted by Crippen LogP contribution is 2.10. The van der Waals surface area contributed by atoms with E-state index in [9.17, 15) is 0 Å². The first-order valence-corrected chi connectivity index (χ1v) is 8.40. The molecule has 2 atom stereocenters. The van der Waals surface area contributed by atoms with Crippen molar-refractivity contribution in [1.82, 2.24) is 15.1 Å². The molecule has 0 aliphatic carbocycles. The van der Waals surface area contributed by atoms with Crippen LogP contribution in [0.4, 0.5) is 0 Å². The molecule has 0 aromatic rings. The lowest BCUT2D eigenvalue weighted by Crippen LogP contribution is -2.49. The fourth-order valence-electron chi connectivity index (χ4n) is 2.99. The zero-order chi connectivity index (χ0) is 14.1. The summed E-state index contributed by atoms with van der Waals surface area (Å²) in [5, 5.41) is 3.57. The van der Waals surface area contributed by atoms with Crippen molar-refractivity contribution in [2.45, 2.75) is 65.5 Å². The number of nitrogens with zero attached hydrogens (tertiary/aromatic N) is 2. The maximum Gasteiger partial charge on any atom is 0.0113 e. The standard InChI is InChI=1S/C16H35N3/c1-5-15(4)19-13-11-18(12-14-19)10-8-9-16(6-2)17-7-3/h15-17H,5-14H2,1-4H3. The first kappa shape index (κ1) is 16.9. The van der Waals surface area contributed by atoms with Gasteiger partial charge in [-0.25, -0.2) is 0 Å². The SMILES string of the molecule is CCNC(CC)CCCN1CCN(C(C)CC)CC1. The predicted octanol–water partition coefficient (Wildman–Crippen LogP) is 2.57. The summed E-state index contributed by atoms with van der Waals surface area (Å²) in [6.07, 6.45) is 5.21. The van der Waals surface area contributed by atoms with Crippen molar-refractivity contribution in [2.24, 2.45) is 0 Å². The third-order valence-electron chi connectivity index (χ3n) is 4.63. The Morgan fingerprint density at radius 2 is 1.68 bits per heavy atom. The monoisotopic (exact) mass is 269 g/mol. The molecule has 1 N–H and O–H groups in total. The fourth-order valence-corrected chi connectivity index (χ4v) is 2.99. The Hall–Kier alpha value is -0.120. The Bertz CT molecular complexity index is 212. The maximum atomic E-state index is 3.57. The van der Waals surface area contributed by atoms with Crippen LogP contribution >= 0.6 is 0 Å². The number of hydrogen-bond donors (Lipinski definition) is 1.